The smallest absolute Gasteiger partial charge is 0.255 e. The van der Waals surface area contributed by atoms with Gasteiger partial charge in [-0.15, -0.1) is 0 Å². The zero-order valence-corrected chi connectivity index (χ0v) is 13.6. The summed E-state index contributed by atoms with van der Waals surface area (Å²) in [6.45, 7) is 5.18. The Morgan fingerprint density at radius 3 is 2.87 bits per heavy atom. The van der Waals surface area contributed by atoms with Gasteiger partial charge in [0.05, 0.1) is 5.56 Å². The number of likely N-dealkylation sites (tertiary alicyclic amines) is 1. The van der Waals surface area contributed by atoms with E-state index in [2.05, 4.69) is 4.98 Å². The summed E-state index contributed by atoms with van der Waals surface area (Å²) in [4.78, 5) is 18.5. The van der Waals surface area contributed by atoms with Crippen LogP contribution in [-0.4, -0.2) is 28.9 Å². The molecule has 4 heteroatoms. The maximum absolute atomic E-state index is 13.6. The van der Waals surface area contributed by atoms with Crippen molar-refractivity contribution in [3.8, 4) is 0 Å². The van der Waals surface area contributed by atoms with Gasteiger partial charge in [0, 0.05) is 25.5 Å². The molecule has 2 aromatic rings. The lowest BCUT2D eigenvalue weighted by atomic mass is 9.98. The molecule has 1 saturated heterocycles. The first-order valence-electron chi connectivity index (χ1n) is 7.99. The van der Waals surface area contributed by atoms with Crippen molar-refractivity contribution in [3.05, 3.63) is 64.7 Å². The molecule has 1 amide bonds. The lowest BCUT2D eigenvalue weighted by Crippen LogP contribution is -2.29. The van der Waals surface area contributed by atoms with Crippen molar-refractivity contribution in [2.75, 3.05) is 13.1 Å². The highest BCUT2D eigenvalue weighted by Gasteiger charge is 2.27. The van der Waals surface area contributed by atoms with Crippen LogP contribution in [0.1, 0.15) is 33.5 Å². The van der Waals surface area contributed by atoms with E-state index in [9.17, 15) is 9.18 Å². The van der Waals surface area contributed by atoms with E-state index < -0.39 is 0 Å². The van der Waals surface area contributed by atoms with Crippen molar-refractivity contribution in [1.82, 2.24) is 9.88 Å². The van der Waals surface area contributed by atoms with Gasteiger partial charge in [0.2, 0.25) is 0 Å². The predicted octanol–water partition coefficient (Wildman–Crippen LogP) is 3.54. The van der Waals surface area contributed by atoms with E-state index in [4.69, 9.17) is 0 Å². The number of rotatable bonds is 3. The third-order valence-electron chi connectivity index (χ3n) is 4.46. The number of hydrogen-bond donors (Lipinski definition) is 0. The number of carbonyl (C=O) groups excluding carboxylic acids is 1. The Labute approximate surface area is 136 Å². The van der Waals surface area contributed by atoms with E-state index >= 15 is 0 Å². The van der Waals surface area contributed by atoms with Gasteiger partial charge < -0.3 is 4.90 Å². The molecule has 3 nitrogen and oxygen atoms in total. The van der Waals surface area contributed by atoms with E-state index in [0.717, 1.165) is 37.1 Å². The Morgan fingerprint density at radius 2 is 2.13 bits per heavy atom. The summed E-state index contributed by atoms with van der Waals surface area (Å²) >= 11 is 0. The van der Waals surface area contributed by atoms with Gasteiger partial charge in [-0.2, -0.15) is 0 Å². The molecule has 2 heterocycles. The summed E-state index contributed by atoms with van der Waals surface area (Å²) < 4.78 is 13.6. The molecule has 1 aromatic heterocycles. The maximum Gasteiger partial charge on any atom is 0.255 e. The fraction of sp³-hybridized carbons (Fsp3) is 0.368. The topological polar surface area (TPSA) is 33.2 Å². The Kier molecular flexibility index (Phi) is 4.42. The van der Waals surface area contributed by atoms with Crippen LogP contribution in [0.3, 0.4) is 0 Å². The first-order valence-corrected chi connectivity index (χ1v) is 7.99. The summed E-state index contributed by atoms with van der Waals surface area (Å²) in [5, 5.41) is 0. The maximum atomic E-state index is 13.6. The lowest BCUT2D eigenvalue weighted by Gasteiger charge is -2.17. The molecular weight excluding hydrogens is 291 g/mol. The molecule has 0 radical (unpaired) electrons. The monoisotopic (exact) mass is 312 g/mol. The quantitative estimate of drug-likeness (QED) is 0.868. The van der Waals surface area contributed by atoms with Gasteiger partial charge in [-0.25, -0.2) is 4.39 Å². The summed E-state index contributed by atoms with van der Waals surface area (Å²) in [7, 11) is 0. The number of benzene rings is 1. The molecule has 0 saturated carbocycles. The van der Waals surface area contributed by atoms with Crippen molar-refractivity contribution in [3.63, 3.8) is 0 Å². The zero-order valence-electron chi connectivity index (χ0n) is 13.6. The minimum Gasteiger partial charge on any atom is -0.338 e. The van der Waals surface area contributed by atoms with E-state index in [1.807, 2.05) is 30.0 Å². The first kappa shape index (κ1) is 15.7. The molecule has 1 atom stereocenters. The van der Waals surface area contributed by atoms with Gasteiger partial charge in [-0.1, -0.05) is 12.1 Å². The van der Waals surface area contributed by atoms with Crippen molar-refractivity contribution in [2.45, 2.75) is 26.7 Å². The molecule has 120 valence electrons. The Balaban J connectivity index is 1.64. The second-order valence-electron chi connectivity index (χ2n) is 6.44. The number of nitrogens with zero attached hydrogens (tertiary/aromatic N) is 2. The molecule has 1 fully saturated rings. The molecule has 0 bridgehead atoms. The standard InChI is InChI=1S/C19H21FN2O/c1-13-7-17(11-21-10-13)19(23)22-6-5-16(12-22)8-15-4-3-14(2)18(20)9-15/h3-4,7,9-11,16H,5-6,8,12H2,1-2H3. The van der Waals surface area contributed by atoms with Crippen LogP contribution in [0.25, 0.3) is 0 Å². The number of amides is 1. The Bertz CT molecular complexity index is 729. The molecule has 0 N–H and O–H groups in total. The van der Waals surface area contributed by atoms with Gasteiger partial charge in [0.15, 0.2) is 0 Å². The third-order valence-corrected chi connectivity index (χ3v) is 4.46. The molecule has 23 heavy (non-hydrogen) atoms. The molecule has 3 rings (SSSR count). The van der Waals surface area contributed by atoms with Crippen LogP contribution in [-0.2, 0) is 6.42 Å². The molecule has 1 unspecified atom stereocenters. The summed E-state index contributed by atoms with van der Waals surface area (Å²) in [6, 6.07) is 7.29. The molecule has 0 aliphatic carbocycles. The highest BCUT2D eigenvalue weighted by molar-refractivity contribution is 5.94. The fourth-order valence-electron chi connectivity index (χ4n) is 3.13. The van der Waals surface area contributed by atoms with E-state index in [1.165, 1.54) is 0 Å². The van der Waals surface area contributed by atoms with Crippen molar-refractivity contribution >= 4 is 5.91 Å². The van der Waals surface area contributed by atoms with E-state index in [-0.39, 0.29) is 11.7 Å². The van der Waals surface area contributed by atoms with Gasteiger partial charge in [0.25, 0.3) is 5.91 Å². The average molecular weight is 312 g/mol. The number of hydrogen-bond acceptors (Lipinski definition) is 2. The van der Waals surface area contributed by atoms with Crippen molar-refractivity contribution in [2.24, 2.45) is 5.92 Å². The summed E-state index contributed by atoms with van der Waals surface area (Å²) in [5.74, 6) is 0.275. The van der Waals surface area contributed by atoms with Gasteiger partial charge in [-0.3, -0.25) is 9.78 Å². The summed E-state index contributed by atoms with van der Waals surface area (Å²) in [5.41, 5.74) is 3.31. The van der Waals surface area contributed by atoms with Gasteiger partial charge in [-0.05, 0) is 61.4 Å². The largest absolute Gasteiger partial charge is 0.338 e. The zero-order chi connectivity index (χ0) is 16.4. The highest BCUT2D eigenvalue weighted by atomic mass is 19.1. The van der Waals surface area contributed by atoms with Crippen LogP contribution in [0, 0.1) is 25.6 Å². The Hall–Kier alpha value is -2.23. The predicted molar refractivity (Wildman–Crippen MR) is 87.8 cm³/mol. The van der Waals surface area contributed by atoms with Crippen LogP contribution >= 0.6 is 0 Å². The highest BCUT2D eigenvalue weighted by Crippen LogP contribution is 2.23. The minimum absolute atomic E-state index is 0.0405. The second-order valence-corrected chi connectivity index (χ2v) is 6.44. The van der Waals surface area contributed by atoms with E-state index in [1.54, 1.807) is 25.4 Å². The fourth-order valence-corrected chi connectivity index (χ4v) is 3.13. The molecule has 1 aromatic carbocycles. The lowest BCUT2D eigenvalue weighted by molar-refractivity contribution is 0.0786. The van der Waals surface area contributed by atoms with Crippen LogP contribution in [0.2, 0.25) is 0 Å². The molecular formula is C19H21FN2O. The number of pyridine rings is 1. The third kappa shape index (κ3) is 3.58. The normalized spacial score (nSPS) is 17.5. The second kappa shape index (κ2) is 6.49. The van der Waals surface area contributed by atoms with Crippen LogP contribution in [0.5, 0.6) is 0 Å². The van der Waals surface area contributed by atoms with Crippen molar-refractivity contribution in [1.29, 1.82) is 0 Å². The van der Waals surface area contributed by atoms with E-state index in [0.29, 0.717) is 17.0 Å². The van der Waals surface area contributed by atoms with Crippen LogP contribution in [0.4, 0.5) is 4.39 Å². The average Bonchev–Trinajstić information content (AvgIpc) is 2.99. The molecule has 0 spiro atoms. The molecule has 1 aliphatic rings. The van der Waals surface area contributed by atoms with Crippen LogP contribution in [0.15, 0.2) is 36.7 Å². The number of carbonyl (C=O) groups is 1. The molecule has 1 aliphatic heterocycles. The Morgan fingerprint density at radius 1 is 1.30 bits per heavy atom. The summed E-state index contributed by atoms with van der Waals surface area (Å²) in [6.07, 6.45) is 5.14. The van der Waals surface area contributed by atoms with Crippen LogP contribution < -0.4 is 0 Å². The number of halogens is 1. The first-order chi connectivity index (χ1) is 11.0. The van der Waals surface area contributed by atoms with Gasteiger partial charge >= 0.3 is 0 Å². The SMILES string of the molecule is Cc1cncc(C(=O)N2CCC(Cc3ccc(C)c(F)c3)C2)c1. The number of aryl methyl sites for hydroxylation is 2. The minimum atomic E-state index is -0.153. The number of aromatic nitrogens is 1. The van der Waals surface area contributed by atoms with Crippen molar-refractivity contribution < 1.29 is 9.18 Å². The van der Waals surface area contributed by atoms with Gasteiger partial charge in [0.1, 0.15) is 5.82 Å².